The van der Waals surface area contributed by atoms with E-state index in [9.17, 15) is 4.11 Å². The van der Waals surface area contributed by atoms with Crippen LogP contribution < -0.4 is 5.19 Å². The Morgan fingerprint density at radius 3 is 0.865 bits per heavy atom. The molecule has 0 N–H and O–H groups in total. The van der Waals surface area contributed by atoms with Crippen LogP contribution in [-0.4, -0.2) is 47.7 Å². The van der Waals surface area contributed by atoms with Crippen molar-refractivity contribution in [3.05, 3.63) is 40.2 Å². The zero-order valence-corrected chi connectivity index (χ0v) is 30.8. The van der Waals surface area contributed by atoms with Gasteiger partial charge in [-0.15, -0.1) is 44.5 Å². The van der Waals surface area contributed by atoms with Crippen molar-refractivity contribution in [2.45, 2.75) is 132 Å². The van der Waals surface area contributed by atoms with Crippen LogP contribution >= 0.6 is 0 Å². The zero-order valence-electron chi connectivity index (χ0n) is 26.3. The third-order valence-electron chi connectivity index (χ3n) is 5.37. The SMILES string of the molecule is CCCC[N-]CCCC.CCCC[N-]CCCC.CCCC[N-]CCCC.C[Si](C)(F)[c-]1cccc1.[Hf+4]. The normalized spacial score (nSPS) is 10.2. The van der Waals surface area contributed by atoms with Crippen LogP contribution in [0.1, 0.15) is 119 Å². The van der Waals surface area contributed by atoms with Crippen LogP contribution in [0, 0.1) is 0 Å². The van der Waals surface area contributed by atoms with Crippen molar-refractivity contribution < 1.29 is 30.0 Å². The molecule has 0 atom stereocenters. The van der Waals surface area contributed by atoms with E-state index in [1.54, 1.807) is 13.1 Å². The van der Waals surface area contributed by atoms with Gasteiger partial charge in [-0.25, -0.2) is 12.1 Å². The summed E-state index contributed by atoms with van der Waals surface area (Å²) in [7, 11) is -2.48. The number of hydrogen-bond acceptors (Lipinski definition) is 0. The maximum absolute atomic E-state index is 13.1. The smallest absolute Gasteiger partial charge is 0.662 e. The fraction of sp³-hybridized carbons (Fsp3) is 0.839. The minimum atomic E-state index is -2.48. The van der Waals surface area contributed by atoms with Crippen LogP contribution in [0.2, 0.25) is 13.1 Å². The Bertz CT molecular complexity index is 416. The van der Waals surface area contributed by atoms with E-state index in [0.717, 1.165) is 44.5 Å². The number of unbranched alkanes of at least 4 members (excludes halogenated alkanes) is 6. The van der Waals surface area contributed by atoms with Gasteiger partial charge >= 0.3 is 25.8 Å². The van der Waals surface area contributed by atoms with E-state index in [4.69, 9.17) is 0 Å². The maximum Gasteiger partial charge on any atom is 4.00 e. The minimum absolute atomic E-state index is 0. The third kappa shape index (κ3) is 43.5. The molecule has 3 nitrogen and oxygen atoms in total. The van der Waals surface area contributed by atoms with E-state index in [1.807, 2.05) is 24.3 Å². The van der Waals surface area contributed by atoms with Gasteiger partial charge in [-0.2, -0.15) is 12.1 Å². The molecule has 0 aromatic heterocycles. The molecule has 0 radical (unpaired) electrons. The van der Waals surface area contributed by atoms with Crippen molar-refractivity contribution in [3.63, 3.8) is 0 Å². The summed E-state index contributed by atoms with van der Waals surface area (Å²) in [4.78, 5) is 0. The number of rotatable bonds is 19. The molecule has 0 saturated heterocycles. The average molecular weight is 704 g/mol. The zero-order chi connectivity index (χ0) is 27.8. The molecule has 0 bridgehead atoms. The second kappa shape index (κ2) is 38.4. The molecule has 6 heteroatoms. The van der Waals surface area contributed by atoms with Gasteiger partial charge < -0.3 is 20.1 Å². The van der Waals surface area contributed by atoms with Crippen LogP contribution in [0.4, 0.5) is 4.11 Å². The molecule has 1 aromatic carbocycles. The van der Waals surface area contributed by atoms with E-state index < -0.39 is 8.41 Å². The van der Waals surface area contributed by atoms with E-state index in [0.29, 0.717) is 0 Å². The standard InChI is InChI=1S/3C8H18N.C7H10FSi.Hf/c3*1-3-5-7-9-8-6-4-2;1-9(2,8)7-5-3-4-6-7;/h3*3-8H2,1-2H3;3-6H,1-2H3;/q4*-1;+4. The minimum Gasteiger partial charge on any atom is -0.662 e. The van der Waals surface area contributed by atoms with Gasteiger partial charge in [0.25, 0.3) is 0 Å². The Morgan fingerprint density at radius 1 is 0.514 bits per heavy atom. The van der Waals surface area contributed by atoms with Crippen LogP contribution in [0.25, 0.3) is 16.0 Å². The van der Waals surface area contributed by atoms with E-state index >= 15 is 0 Å². The summed E-state index contributed by atoms with van der Waals surface area (Å²) in [5.41, 5.74) is 0. The number of nitrogens with zero attached hydrogens (tertiary/aromatic N) is 3. The molecule has 218 valence electrons. The van der Waals surface area contributed by atoms with Gasteiger partial charge in [-0.3, -0.25) is 0 Å². The molecular weight excluding hydrogens is 640 g/mol. The molecule has 0 amide bonds. The fourth-order valence-corrected chi connectivity index (χ4v) is 3.71. The van der Waals surface area contributed by atoms with Gasteiger partial charge in [-0.1, -0.05) is 119 Å². The topological polar surface area (TPSA) is 42.3 Å². The average Bonchev–Trinajstić information content (AvgIpc) is 3.41. The summed E-state index contributed by atoms with van der Waals surface area (Å²) >= 11 is 0. The second-order valence-corrected chi connectivity index (χ2v) is 13.3. The first-order valence-electron chi connectivity index (χ1n) is 15.2. The van der Waals surface area contributed by atoms with Crippen molar-refractivity contribution in [2.24, 2.45) is 0 Å². The van der Waals surface area contributed by atoms with E-state index in [1.165, 1.54) is 77.0 Å². The monoisotopic (exact) mass is 705 g/mol. The van der Waals surface area contributed by atoms with Crippen molar-refractivity contribution in [1.82, 2.24) is 0 Å². The first-order chi connectivity index (χ1) is 17.3. The van der Waals surface area contributed by atoms with Crippen LogP contribution in [0.15, 0.2) is 24.3 Å². The Labute approximate surface area is 253 Å². The molecule has 0 heterocycles. The van der Waals surface area contributed by atoms with Gasteiger partial charge in [0.15, 0.2) is 0 Å². The molecular formula is C31H64FHfN3Si. The van der Waals surface area contributed by atoms with Gasteiger partial charge in [0.05, 0.1) is 0 Å². The van der Waals surface area contributed by atoms with Crippen molar-refractivity contribution in [3.8, 4) is 0 Å². The molecule has 0 aliphatic heterocycles. The van der Waals surface area contributed by atoms with Crippen molar-refractivity contribution >= 4 is 13.6 Å². The van der Waals surface area contributed by atoms with E-state index in [-0.39, 0.29) is 25.8 Å². The quantitative estimate of drug-likeness (QED) is 0.0596. The Hall–Kier alpha value is 0.247. The van der Waals surface area contributed by atoms with Gasteiger partial charge in [0.1, 0.15) is 0 Å². The van der Waals surface area contributed by atoms with Crippen molar-refractivity contribution in [1.29, 1.82) is 0 Å². The first kappa shape index (κ1) is 44.3. The first-order valence-corrected chi connectivity index (χ1v) is 18.0. The Kier molecular flexibility index (Phi) is 45.9. The fourth-order valence-electron chi connectivity index (χ4n) is 2.73. The summed E-state index contributed by atoms with van der Waals surface area (Å²) < 4.78 is 13.1. The summed E-state index contributed by atoms with van der Waals surface area (Å²) in [6, 6.07) is 7.46. The van der Waals surface area contributed by atoms with Crippen LogP contribution in [-0.2, 0) is 25.8 Å². The van der Waals surface area contributed by atoms with Gasteiger partial charge in [0, 0.05) is 0 Å². The number of hydrogen-bond donors (Lipinski definition) is 0. The molecule has 0 fully saturated rings. The molecule has 0 aliphatic rings. The maximum atomic E-state index is 13.1. The largest absolute Gasteiger partial charge is 4.00 e. The molecule has 0 saturated carbocycles. The second-order valence-electron chi connectivity index (χ2n) is 9.78. The molecule has 0 spiro atoms. The van der Waals surface area contributed by atoms with Crippen LogP contribution in [0.3, 0.4) is 0 Å². The van der Waals surface area contributed by atoms with Gasteiger partial charge in [0.2, 0.25) is 8.41 Å². The Morgan fingerprint density at radius 2 is 0.730 bits per heavy atom. The van der Waals surface area contributed by atoms with E-state index in [2.05, 4.69) is 57.5 Å². The Balaban J connectivity index is -0.000000194. The molecule has 37 heavy (non-hydrogen) atoms. The number of halogens is 1. The summed E-state index contributed by atoms with van der Waals surface area (Å²) in [5.74, 6) is 0. The van der Waals surface area contributed by atoms with Gasteiger partial charge in [-0.05, 0) is 13.1 Å². The molecule has 0 unspecified atom stereocenters. The van der Waals surface area contributed by atoms with Crippen molar-refractivity contribution in [2.75, 3.05) is 39.3 Å². The summed E-state index contributed by atoms with van der Waals surface area (Å²) in [5, 5.41) is 13.9. The predicted octanol–water partition coefficient (Wildman–Crippen LogP) is 10.7. The summed E-state index contributed by atoms with van der Waals surface area (Å²) in [6.45, 7) is 23.1. The van der Waals surface area contributed by atoms with Crippen LogP contribution in [0.5, 0.6) is 0 Å². The molecule has 0 aliphatic carbocycles. The molecule has 1 aromatic rings. The summed E-state index contributed by atoms with van der Waals surface area (Å²) in [6.07, 6.45) is 15.2. The third-order valence-corrected chi connectivity index (χ3v) is 7.07. The molecule has 1 rings (SSSR count). The predicted molar refractivity (Wildman–Crippen MR) is 169 cm³/mol.